The molecule has 164 valence electrons. The molecule has 0 aliphatic rings. The largest absolute Gasteiger partial charge is 0.493 e. The van der Waals surface area contributed by atoms with Crippen LogP contribution in [0, 0.1) is 6.92 Å². The molecule has 4 aromatic rings. The summed E-state index contributed by atoms with van der Waals surface area (Å²) in [6, 6.07) is 12.7. The zero-order valence-corrected chi connectivity index (χ0v) is 19.1. The zero-order valence-electron chi connectivity index (χ0n) is 18.2. The highest BCUT2D eigenvalue weighted by molar-refractivity contribution is 7.99. The number of para-hydroxylation sites is 1. The highest BCUT2D eigenvalue weighted by Crippen LogP contribution is 2.36. The van der Waals surface area contributed by atoms with Gasteiger partial charge in [-0.25, -0.2) is 4.98 Å². The number of anilines is 1. The van der Waals surface area contributed by atoms with Gasteiger partial charge in [-0.05, 0) is 43.7 Å². The highest BCUT2D eigenvalue weighted by atomic mass is 32.2. The molecule has 1 amide bonds. The third kappa shape index (κ3) is 4.11. The van der Waals surface area contributed by atoms with Crippen LogP contribution in [0.5, 0.6) is 11.5 Å². The second-order valence-corrected chi connectivity index (χ2v) is 7.96. The molecule has 4 rings (SSSR count). The molecule has 8 nitrogen and oxygen atoms in total. The van der Waals surface area contributed by atoms with E-state index in [9.17, 15) is 4.79 Å². The quantitative estimate of drug-likeness (QED) is 0.418. The molecule has 0 atom stereocenters. The number of amides is 1. The van der Waals surface area contributed by atoms with E-state index in [-0.39, 0.29) is 5.91 Å². The molecule has 2 heterocycles. The van der Waals surface area contributed by atoms with Gasteiger partial charge in [0, 0.05) is 21.7 Å². The van der Waals surface area contributed by atoms with E-state index < -0.39 is 0 Å². The maximum atomic E-state index is 13.0. The Morgan fingerprint density at radius 2 is 1.91 bits per heavy atom. The normalized spacial score (nSPS) is 10.9. The van der Waals surface area contributed by atoms with Crippen LogP contribution < -0.4 is 14.8 Å². The smallest absolute Gasteiger partial charge is 0.255 e. The standard InChI is InChI=1S/C23H23N5O3S/c1-5-16-14(2)26-23-24-13-25-28(23)22(16)32-20-9-7-6-8-17(20)27-21(29)15-10-11-18(30-3)19(12-15)31-4/h6-13H,5H2,1-4H3,(H,27,29). The molecule has 0 aliphatic heterocycles. The van der Waals surface area contributed by atoms with E-state index in [1.54, 1.807) is 36.9 Å². The number of carbonyl (C=O) groups is 1. The van der Waals surface area contributed by atoms with Crippen LogP contribution in [-0.4, -0.2) is 39.7 Å². The van der Waals surface area contributed by atoms with E-state index in [0.717, 1.165) is 27.6 Å². The van der Waals surface area contributed by atoms with E-state index in [4.69, 9.17) is 9.47 Å². The summed E-state index contributed by atoms with van der Waals surface area (Å²) >= 11 is 1.53. The number of aryl methyl sites for hydroxylation is 1. The average Bonchev–Trinajstić information content (AvgIpc) is 3.28. The van der Waals surface area contributed by atoms with Gasteiger partial charge in [-0.1, -0.05) is 30.8 Å². The van der Waals surface area contributed by atoms with Crippen LogP contribution in [0.25, 0.3) is 5.78 Å². The third-order valence-corrected chi connectivity index (χ3v) is 6.21. The van der Waals surface area contributed by atoms with Crippen molar-refractivity contribution in [2.24, 2.45) is 0 Å². The summed E-state index contributed by atoms with van der Waals surface area (Å²) in [5.74, 6) is 1.37. The second kappa shape index (κ2) is 9.27. The topological polar surface area (TPSA) is 90.6 Å². The lowest BCUT2D eigenvalue weighted by Gasteiger charge is -2.15. The Bertz CT molecular complexity index is 1290. The lowest BCUT2D eigenvalue weighted by Crippen LogP contribution is -2.13. The number of hydrogen-bond acceptors (Lipinski definition) is 7. The summed E-state index contributed by atoms with van der Waals surface area (Å²) in [7, 11) is 3.10. The van der Waals surface area contributed by atoms with Gasteiger partial charge in [-0.2, -0.15) is 14.6 Å². The van der Waals surface area contributed by atoms with Gasteiger partial charge in [0.05, 0.1) is 19.9 Å². The first-order valence-corrected chi connectivity index (χ1v) is 10.9. The summed E-state index contributed by atoms with van der Waals surface area (Å²) in [6.07, 6.45) is 2.30. The van der Waals surface area contributed by atoms with Crippen LogP contribution in [0.2, 0.25) is 0 Å². The lowest BCUT2D eigenvalue weighted by molar-refractivity contribution is 0.102. The Morgan fingerprint density at radius 1 is 1.12 bits per heavy atom. The Balaban J connectivity index is 1.67. The van der Waals surface area contributed by atoms with Gasteiger partial charge in [0.25, 0.3) is 11.7 Å². The minimum Gasteiger partial charge on any atom is -0.493 e. The molecule has 0 saturated heterocycles. The Labute approximate surface area is 190 Å². The molecule has 0 bridgehead atoms. The molecular weight excluding hydrogens is 426 g/mol. The predicted molar refractivity (Wildman–Crippen MR) is 123 cm³/mol. The number of nitrogens with zero attached hydrogens (tertiary/aromatic N) is 4. The summed E-state index contributed by atoms with van der Waals surface area (Å²) in [5, 5.41) is 8.29. The van der Waals surface area contributed by atoms with Gasteiger partial charge in [-0.15, -0.1) is 0 Å². The minimum atomic E-state index is -0.244. The van der Waals surface area contributed by atoms with Gasteiger partial charge in [-0.3, -0.25) is 4.79 Å². The van der Waals surface area contributed by atoms with E-state index in [0.29, 0.717) is 28.5 Å². The third-order valence-electron chi connectivity index (χ3n) is 5.03. The Morgan fingerprint density at radius 3 is 2.66 bits per heavy atom. The maximum Gasteiger partial charge on any atom is 0.255 e. The molecule has 32 heavy (non-hydrogen) atoms. The number of rotatable bonds is 7. The van der Waals surface area contributed by atoms with Crippen molar-refractivity contribution in [3.05, 3.63) is 65.6 Å². The zero-order chi connectivity index (χ0) is 22.7. The summed E-state index contributed by atoms with van der Waals surface area (Å²) < 4.78 is 12.3. The first kappa shape index (κ1) is 21.6. The number of ether oxygens (including phenoxy) is 2. The van der Waals surface area contributed by atoms with Crippen LogP contribution in [0.3, 0.4) is 0 Å². The van der Waals surface area contributed by atoms with Crippen LogP contribution in [0.4, 0.5) is 5.69 Å². The summed E-state index contributed by atoms with van der Waals surface area (Å²) in [4.78, 5) is 22.6. The molecule has 0 fully saturated rings. The molecule has 2 aromatic heterocycles. The van der Waals surface area contributed by atoms with Crippen molar-refractivity contribution in [1.82, 2.24) is 19.6 Å². The molecule has 0 unspecified atom stereocenters. The average molecular weight is 450 g/mol. The molecule has 0 spiro atoms. The molecule has 0 radical (unpaired) electrons. The number of nitrogens with one attached hydrogen (secondary N) is 1. The van der Waals surface area contributed by atoms with Crippen LogP contribution in [0.1, 0.15) is 28.5 Å². The minimum absolute atomic E-state index is 0.244. The van der Waals surface area contributed by atoms with Crippen molar-refractivity contribution in [3.63, 3.8) is 0 Å². The Kier molecular flexibility index (Phi) is 6.27. The molecule has 0 saturated carbocycles. The van der Waals surface area contributed by atoms with E-state index in [2.05, 4.69) is 27.3 Å². The van der Waals surface area contributed by atoms with Crippen molar-refractivity contribution in [2.75, 3.05) is 19.5 Å². The van der Waals surface area contributed by atoms with Gasteiger partial charge in [0.15, 0.2) is 11.5 Å². The molecular formula is C23H23N5O3S. The highest BCUT2D eigenvalue weighted by Gasteiger charge is 2.17. The SMILES string of the molecule is CCc1c(C)nc2ncnn2c1Sc1ccccc1NC(=O)c1ccc(OC)c(OC)c1. The van der Waals surface area contributed by atoms with Crippen molar-refractivity contribution in [1.29, 1.82) is 0 Å². The predicted octanol–water partition coefficient (Wildman–Crippen LogP) is 4.42. The van der Waals surface area contributed by atoms with Gasteiger partial charge in [0.2, 0.25) is 0 Å². The van der Waals surface area contributed by atoms with Crippen LogP contribution in [0.15, 0.2) is 58.7 Å². The molecule has 1 N–H and O–H groups in total. The number of benzene rings is 2. The van der Waals surface area contributed by atoms with Crippen LogP contribution in [-0.2, 0) is 6.42 Å². The first-order valence-electron chi connectivity index (χ1n) is 10.0. The fourth-order valence-electron chi connectivity index (χ4n) is 3.40. The monoisotopic (exact) mass is 449 g/mol. The first-order chi connectivity index (χ1) is 15.5. The van der Waals surface area contributed by atoms with Gasteiger partial charge < -0.3 is 14.8 Å². The number of methoxy groups -OCH3 is 2. The van der Waals surface area contributed by atoms with E-state index in [1.807, 2.05) is 31.2 Å². The molecule has 0 aliphatic carbocycles. The van der Waals surface area contributed by atoms with E-state index in [1.165, 1.54) is 18.1 Å². The second-order valence-electron chi connectivity index (χ2n) is 6.93. The van der Waals surface area contributed by atoms with Crippen molar-refractivity contribution >= 4 is 29.1 Å². The summed E-state index contributed by atoms with van der Waals surface area (Å²) in [6.45, 7) is 4.06. The van der Waals surface area contributed by atoms with Crippen molar-refractivity contribution in [2.45, 2.75) is 30.2 Å². The van der Waals surface area contributed by atoms with Gasteiger partial charge >= 0.3 is 0 Å². The van der Waals surface area contributed by atoms with Crippen molar-refractivity contribution in [3.8, 4) is 11.5 Å². The van der Waals surface area contributed by atoms with Crippen molar-refractivity contribution < 1.29 is 14.3 Å². The number of hydrogen-bond donors (Lipinski definition) is 1. The number of fused-ring (bicyclic) bond motifs is 1. The Hall–Kier alpha value is -3.59. The fourth-order valence-corrected chi connectivity index (χ4v) is 4.62. The lowest BCUT2D eigenvalue weighted by atomic mass is 10.2. The molecule has 9 heteroatoms. The molecule has 2 aromatic carbocycles. The van der Waals surface area contributed by atoms with Crippen LogP contribution >= 0.6 is 11.8 Å². The number of aromatic nitrogens is 4. The van der Waals surface area contributed by atoms with E-state index >= 15 is 0 Å². The number of carbonyl (C=O) groups excluding carboxylic acids is 1. The fraction of sp³-hybridized carbons (Fsp3) is 0.217. The maximum absolute atomic E-state index is 13.0. The van der Waals surface area contributed by atoms with Gasteiger partial charge in [0.1, 0.15) is 11.4 Å². The summed E-state index contributed by atoms with van der Waals surface area (Å²) in [5.41, 5.74) is 3.17.